The van der Waals surface area contributed by atoms with E-state index in [4.69, 9.17) is 4.42 Å². The van der Waals surface area contributed by atoms with Crippen molar-refractivity contribution in [2.45, 2.75) is 0 Å². The Morgan fingerprint density at radius 2 is 2.00 bits per heavy atom. The number of benzene rings is 1. The van der Waals surface area contributed by atoms with Gasteiger partial charge in [-0.3, -0.25) is 4.79 Å². The van der Waals surface area contributed by atoms with Crippen molar-refractivity contribution in [3.63, 3.8) is 0 Å². The van der Waals surface area contributed by atoms with Crippen LogP contribution in [0.2, 0.25) is 0 Å². The van der Waals surface area contributed by atoms with Gasteiger partial charge in [-0.2, -0.15) is 0 Å². The van der Waals surface area contributed by atoms with Crippen LogP contribution in [-0.2, 0) is 0 Å². The third-order valence-corrected chi connectivity index (χ3v) is 3.35. The fourth-order valence-electron chi connectivity index (χ4n) is 1.54. The average molecular weight is 202 g/mol. The Hall–Kier alpha value is -1.61. The number of hydrogen-bond donors (Lipinski definition) is 0. The lowest BCUT2D eigenvalue weighted by molar-refractivity contribution is 0.607. The molecular weight excluding hydrogens is 196 g/mol. The summed E-state index contributed by atoms with van der Waals surface area (Å²) in [4.78, 5) is 11.5. The molecule has 0 radical (unpaired) electrons. The molecule has 0 aliphatic rings. The van der Waals surface area contributed by atoms with Gasteiger partial charge in [0, 0.05) is 16.2 Å². The number of thiophene rings is 1. The predicted molar refractivity (Wildman–Crippen MR) is 57.9 cm³/mol. The van der Waals surface area contributed by atoms with Crippen LogP contribution in [0.25, 0.3) is 20.4 Å². The third kappa shape index (κ3) is 0.930. The summed E-state index contributed by atoms with van der Waals surface area (Å²) in [5, 5.41) is 1.02. The molecule has 0 atom stereocenters. The van der Waals surface area contributed by atoms with Crippen molar-refractivity contribution >= 4 is 31.7 Å². The summed E-state index contributed by atoms with van der Waals surface area (Å²) in [6.07, 6.45) is 1.45. The monoisotopic (exact) mass is 202 g/mol. The molecule has 0 unspecified atom stereocenters. The fourth-order valence-corrected chi connectivity index (χ4v) is 2.60. The van der Waals surface area contributed by atoms with E-state index in [0.29, 0.717) is 10.3 Å². The molecule has 0 fully saturated rings. The SMILES string of the molecule is O=c1ccoc2c1sc1ccccc12. The van der Waals surface area contributed by atoms with E-state index in [1.165, 1.54) is 23.7 Å². The Bertz CT molecular complexity index is 663. The van der Waals surface area contributed by atoms with Crippen molar-refractivity contribution in [1.29, 1.82) is 0 Å². The first kappa shape index (κ1) is 7.76. The van der Waals surface area contributed by atoms with Crippen LogP contribution in [0.1, 0.15) is 0 Å². The van der Waals surface area contributed by atoms with Gasteiger partial charge < -0.3 is 4.42 Å². The highest BCUT2D eigenvalue weighted by molar-refractivity contribution is 7.25. The Kier molecular flexibility index (Phi) is 1.49. The molecule has 0 aliphatic heterocycles. The Morgan fingerprint density at radius 1 is 1.14 bits per heavy atom. The summed E-state index contributed by atoms with van der Waals surface area (Å²) in [5.41, 5.74) is 0.741. The van der Waals surface area contributed by atoms with E-state index in [9.17, 15) is 4.79 Å². The smallest absolute Gasteiger partial charge is 0.202 e. The maximum atomic E-state index is 11.5. The number of rotatable bonds is 0. The van der Waals surface area contributed by atoms with Crippen LogP contribution in [0.3, 0.4) is 0 Å². The highest BCUT2D eigenvalue weighted by Gasteiger charge is 2.07. The van der Waals surface area contributed by atoms with E-state index in [1.54, 1.807) is 0 Å². The summed E-state index contributed by atoms with van der Waals surface area (Å²) < 4.78 is 7.15. The van der Waals surface area contributed by atoms with Crippen LogP contribution >= 0.6 is 11.3 Å². The molecule has 0 saturated heterocycles. The lowest BCUT2D eigenvalue weighted by Gasteiger charge is -1.87. The minimum atomic E-state index is 0.0347. The molecule has 68 valence electrons. The van der Waals surface area contributed by atoms with E-state index in [1.807, 2.05) is 24.3 Å². The van der Waals surface area contributed by atoms with E-state index in [0.717, 1.165) is 10.1 Å². The summed E-state index contributed by atoms with van der Waals surface area (Å²) in [6, 6.07) is 9.33. The van der Waals surface area contributed by atoms with Crippen molar-refractivity contribution in [2.75, 3.05) is 0 Å². The minimum Gasteiger partial charge on any atom is -0.463 e. The quantitative estimate of drug-likeness (QED) is 0.561. The molecule has 0 amide bonds. The van der Waals surface area contributed by atoms with Gasteiger partial charge in [0.2, 0.25) is 5.43 Å². The van der Waals surface area contributed by atoms with E-state index in [-0.39, 0.29) is 5.43 Å². The topological polar surface area (TPSA) is 30.2 Å². The molecule has 14 heavy (non-hydrogen) atoms. The molecule has 0 spiro atoms. The van der Waals surface area contributed by atoms with Crippen LogP contribution in [0.15, 0.2) is 45.8 Å². The zero-order valence-electron chi connectivity index (χ0n) is 7.19. The Balaban J connectivity index is 2.70. The van der Waals surface area contributed by atoms with Gasteiger partial charge in [0.05, 0.1) is 6.26 Å². The maximum absolute atomic E-state index is 11.5. The van der Waals surface area contributed by atoms with Crippen LogP contribution in [-0.4, -0.2) is 0 Å². The van der Waals surface area contributed by atoms with Gasteiger partial charge in [0.25, 0.3) is 0 Å². The zero-order valence-corrected chi connectivity index (χ0v) is 8.01. The Labute approximate surface area is 83.4 Å². The molecule has 2 aromatic heterocycles. The standard InChI is InChI=1S/C11H6O2S/c12-8-5-6-13-10-7-3-1-2-4-9(7)14-11(8)10/h1-6H. The van der Waals surface area contributed by atoms with Crippen LogP contribution in [0.5, 0.6) is 0 Å². The fraction of sp³-hybridized carbons (Fsp3) is 0. The van der Waals surface area contributed by atoms with Gasteiger partial charge in [0.1, 0.15) is 4.70 Å². The first-order valence-corrected chi connectivity index (χ1v) is 5.07. The van der Waals surface area contributed by atoms with Gasteiger partial charge in [-0.05, 0) is 12.1 Å². The summed E-state index contributed by atoms with van der Waals surface area (Å²) in [7, 11) is 0. The van der Waals surface area contributed by atoms with Crippen molar-refractivity contribution in [2.24, 2.45) is 0 Å². The molecule has 0 aliphatic carbocycles. The zero-order chi connectivity index (χ0) is 9.54. The highest BCUT2D eigenvalue weighted by Crippen LogP contribution is 2.30. The molecule has 0 bridgehead atoms. The second-order valence-electron chi connectivity index (χ2n) is 3.04. The summed E-state index contributed by atoms with van der Waals surface area (Å²) in [5.74, 6) is 0. The van der Waals surface area contributed by atoms with Gasteiger partial charge in [-0.15, -0.1) is 11.3 Å². The molecule has 3 heteroatoms. The highest BCUT2D eigenvalue weighted by atomic mass is 32.1. The van der Waals surface area contributed by atoms with Crippen LogP contribution < -0.4 is 5.43 Å². The molecule has 0 saturated carbocycles. The van der Waals surface area contributed by atoms with Gasteiger partial charge in [-0.1, -0.05) is 12.1 Å². The molecule has 2 heterocycles. The Morgan fingerprint density at radius 3 is 2.93 bits per heavy atom. The first-order valence-electron chi connectivity index (χ1n) is 4.25. The lowest BCUT2D eigenvalue weighted by Crippen LogP contribution is -1.93. The second-order valence-corrected chi connectivity index (χ2v) is 4.09. The van der Waals surface area contributed by atoms with Gasteiger partial charge >= 0.3 is 0 Å². The molecule has 3 aromatic rings. The minimum absolute atomic E-state index is 0.0347. The van der Waals surface area contributed by atoms with Gasteiger partial charge in [-0.25, -0.2) is 0 Å². The lowest BCUT2D eigenvalue weighted by atomic mass is 10.2. The van der Waals surface area contributed by atoms with Crippen LogP contribution in [0.4, 0.5) is 0 Å². The largest absolute Gasteiger partial charge is 0.463 e. The molecule has 3 rings (SSSR count). The third-order valence-electron chi connectivity index (χ3n) is 2.18. The molecule has 1 aromatic carbocycles. The summed E-state index contributed by atoms with van der Waals surface area (Å²) >= 11 is 1.48. The van der Waals surface area contributed by atoms with E-state index >= 15 is 0 Å². The van der Waals surface area contributed by atoms with E-state index < -0.39 is 0 Å². The van der Waals surface area contributed by atoms with Crippen molar-refractivity contribution in [3.8, 4) is 0 Å². The number of hydrogen-bond acceptors (Lipinski definition) is 3. The van der Waals surface area contributed by atoms with Crippen molar-refractivity contribution in [1.82, 2.24) is 0 Å². The average Bonchev–Trinajstić information content (AvgIpc) is 2.59. The van der Waals surface area contributed by atoms with Crippen LogP contribution in [0, 0.1) is 0 Å². The second kappa shape index (κ2) is 2.69. The predicted octanol–water partition coefficient (Wildman–Crippen LogP) is 3.01. The van der Waals surface area contributed by atoms with Crippen molar-refractivity contribution in [3.05, 3.63) is 46.8 Å². The number of fused-ring (bicyclic) bond motifs is 3. The molecule has 0 N–H and O–H groups in total. The maximum Gasteiger partial charge on any atom is 0.202 e. The normalized spacial score (nSPS) is 11.1. The first-order chi connectivity index (χ1) is 6.86. The van der Waals surface area contributed by atoms with Gasteiger partial charge in [0.15, 0.2) is 5.58 Å². The molecule has 2 nitrogen and oxygen atoms in total. The van der Waals surface area contributed by atoms with E-state index in [2.05, 4.69) is 0 Å². The molecular formula is C11H6O2S. The van der Waals surface area contributed by atoms with Crippen molar-refractivity contribution < 1.29 is 4.42 Å². The summed E-state index contributed by atoms with van der Waals surface area (Å²) in [6.45, 7) is 0.